The topological polar surface area (TPSA) is 49.6 Å². The highest BCUT2D eigenvalue weighted by Crippen LogP contribution is 2.10. The Bertz CT molecular complexity index is 436. The highest BCUT2D eigenvalue weighted by molar-refractivity contribution is 5.78. The van der Waals surface area contributed by atoms with E-state index in [0.29, 0.717) is 12.2 Å². The van der Waals surface area contributed by atoms with Crippen LogP contribution in [0.4, 0.5) is 0 Å². The minimum absolute atomic E-state index is 0.128. The monoisotopic (exact) mass is 293 g/mol. The number of hydrogen-bond acceptors (Lipinski definition) is 4. The van der Waals surface area contributed by atoms with Gasteiger partial charge < -0.3 is 14.3 Å². The number of hydrogen-bond donors (Lipinski definition) is 0. The number of carbonyl (C=O) groups excluding carboxylic acids is 1. The SMILES string of the molecule is CCN(CCN1CCCCCC1)C(=O)Cc1cc(C)no1. The molecular formula is C16H27N3O2. The molecule has 0 radical (unpaired) electrons. The summed E-state index contributed by atoms with van der Waals surface area (Å²) in [5.74, 6) is 0.786. The van der Waals surface area contributed by atoms with Crippen molar-refractivity contribution in [3.63, 3.8) is 0 Å². The smallest absolute Gasteiger partial charge is 0.230 e. The highest BCUT2D eigenvalue weighted by Gasteiger charge is 2.16. The van der Waals surface area contributed by atoms with Crippen LogP contribution in [0.5, 0.6) is 0 Å². The maximum atomic E-state index is 12.3. The number of aromatic nitrogens is 1. The van der Waals surface area contributed by atoms with E-state index in [1.54, 1.807) is 0 Å². The molecule has 0 saturated carbocycles. The van der Waals surface area contributed by atoms with Gasteiger partial charge in [0.15, 0.2) is 0 Å². The van der Waals surface area contributed by atoms with Gasteiger partial charge in [0, 0.05) is 25.7 Å². The lowest BCUT2D eigenvalue weighted by molar-refractivity contribution is -0.130. The van der Waals surface area contributed by atoms with Crippen LogP contribution < -0.4 is 0 Å². The maximum absolute atomic E-state index is 12.3. The van der Waals surface area contributed by atoms with Gasteiger partial charge in [0.2, 0.25) is 5.91 Å². The summed E-state index contributed by atoms with van der Waals surface area (Å²) in [6.45, 7) is 8.79. The zero-order valence-electron chi connectivity index (χ0n) is 13.3. The molecule has 2 rings (SSSR count). The first-order chi connectivity index (χ1) is 10.2. The second-order valence-electron chi connectivity index (χ2n) is 5.84. The van der Waals surface area contributed by atoms with Gasteiger partial charge >= 0.3 is 0 Å². The molecule has 1 aliphatic heterocycles. The van der Waals surface area contributed by atoms with E-state index >= 15 is 0 Å². The van der Waals surface area contributed by atoms with Gasteiger partial charge in [-0.1, -0.05) is 18.0 Å². The Morgan fingerprint density at radius 3 is 2.62 bits per heavy atom. The summed E-state index contributed by atoms with van der Waals surface area (Å²) in [4.78, 5) is 16.7. The average Bonchev–Trinajstić information content (AvgIpc) is 2.73. The van der Waals surface area contributed by atoms with Crippen molar-refractivity contribution < 1.29 is 9.32 Å². The zero-order chi connectivity index (χ0) is 15.1. The third-order valence-corrected chi connectivity index (χ3v) is 4.12. The summed E-state index contributed by atoms with van der Waals surface area (Å²) in [5, 5.41) is 3.83. The van der Waals surface area contributed by atoms with Crippen molar-refractivity contribution in [2.75, 3.05) is 32.7 Å². The molecular weight excluding hydrogens is 266 g/mol. The fourth-order valence-electron chi connectivity index (χ4n) is 2.84. The second kappa shape index (κ2) is 8.17. The molecule has 1 saturated heterocycles. The minimum Gasteiger partial charge on any atom is -0.361 e. The van der Waals surface area contributed by atoms with Crippen LogP contribution in [-0.2, 0) is 11.2 Å². The van der Waals surface area contributed by atoms with Gasteiger partial charge in [-0.2, -0.15) is 0 Å². The molecule has 0 spiro atoms. The van der Waals surface area contributed by atoms with E-state index < -0.39 is 0 Å². The minimum atomic E-state index is 0.128. The number of likely N-dealkylation sites (tertiary alicyclic amines) is 1. The van der Waals surface area contributed by atoms with Crippen LogP contribution in [0.2, 0.25) is 0 Å². The van der Waals surface area contributed by atoms with E-state index in [0.717, 1.165) is 25.3 Å². The van der Waals surface area contributed by atoms with Gasteiger partial charge in [0.1, 0.15) is 5.76 Å². The van der Waals surface area contributed by atoms with Gasteiger partial charge in [-0.25, -0.2) is 0 Å². The van der Waals surface area contributed by atoms with E-state index in [2.05, 4.69) is 10.1 Å². The molecule has 1 fully saturated rings. The number of amides is 1. The summed E-state index contributed by atoms with van der Waals surface area (Å²) in [7, 11) is 0. The van der Waals surface area contributed by atoms with E-state index in [9.17, 15) is 4.79 Å². The van der Waals surface area contributed by atoms with Crippen LogP contribution in [-0.4, -0.2) is 53.6 Å². The second-order valence-corrected chi connectivity index (χ2v) is 5.84. The van der Waals surface area contributed by atoms with E-state index in [-0.39, 0.29) is 5.91 Å². The number of nitrogens with zero attached hydrogens (tertiary/aromatic N) is 3. The summed E-state index contributed by atoms with van der Waals surface area (Å²) in [6, 6.07) is 1.83. The Morgan fingerprint density at radius 2 is 2.05 bits per heavy atom. The molecule has 21 heavy (non-hydrogen) atoms. The normalized spacial score (nSPS) is 16.7. The van der Waals surface area contributed by atoms with E-state index in [1.165, 1.54) is 38.8 Å². The van der Waals surface area contributed by atoms with Gasteiger partial charge in [0.05, 0.1) is 12.1 Å². The molecule has 0 bridgehead atoms. The largest absolute Gasteiger partial charge is 0.361 e. The number of rotatable bonds is 6. The van der Waals surface area contributed by atoms with Crippen LogP contribution in [0.1, 0.15) is 44.1 Å². The molecule has 5 nitrogen and oxygen atoms in total. The summed E-state index contributed by atoms with van der Waals surface area (Å²) in [6.07, 6.45) is 5.58. The first kappa shape index (κ1) is 16.0. The lowest BCUT2D eigenvalue weighted by Crippen LogP contribution is -2.39. The van der Waals surface area contributed by atoms with Crippen molar-refractivity contribution in [1.82, 2.24) is 15.0 Å². The lowest BCUT2D eigenvalue weighted by Gasteiger charge is -2.26. The van der Waals surface area contributed by atoms with Crippen LogP contribution in [0.15, 0.2) is 10.6 Å². The fraction of sp³-hybridized carbons (Fsp3) is 0.750. The van der Waals surface area contributed by atoms with Crippen molar-refractivity contribution >= 4 is 5.91 Å². The van der Waals surface area contributed by atoms with Crippen LogP contribution in [0, 0.1) is 6.92 Å². The van der Waals surface area contributed by atoms with Crippen molar-refractivity contribution in [2.45, 2.75) is 46.0 Å². The van der Waals surface area contributed by atoms with Crippen LogP contribution in [0.3, 0.4) is 0 Å². The first-order valence-electron chi connectivity index (χ1n) is 8.11. The molecule has 118 valence electrons. The number of carbonyl (C=O) groups is 1. The molecule has 1 aliphatic rings. The van der Waals surface area contributed by atoms with Crippen molar-refractivity contribution in [2.24, 2.45) is 0 Å². The molecule has 0 unspecified atom stereocenters. The molecule has 1 amide bonds. The molecule has 0 atom stereocenters. The predicted molar refractivity (Wildman–Crippen MR) is 82.1 cm³/mol. The summed E-state index contributed by atoms with van der Waals surface area (Å²) >= 11 is 0. The molecule has 0 aromatic carbocycles. The molecule has 0 N–H and O–H groups in total. The Labute approximate surface area is 127 Å². The van der Waals surface area contributed by atoms with E-state index in [4.69, 9.17) is 4.52 Å². The standard InChI is InChI=1S/C16H27N3O2/c1-3-19(11-10-18-8-6-4-5-7-9-18)16(20)13-15-12-14(2)17-21-15/h12H,3-11,13H2,1-2H3. The summed E-state index contributed by atoms with van der Waals surface area (Å²) < 4.78 is 5.13. The molecule has 0 aliphatic carbocycles. The van der Waals surface area contributed by atoms with Crippen molar-refractivity contribution in [1.29, 1.82) is 0 Å². The van der Waals surface area contributed by atoms with Gasteiger partial charge in [-0.15, -0.1) is 0 Å². The Balaban J connectivity index is 1.79. The summed E-state index contributed by atoms with van der Waals surface area (Å²) in [5.41, 5.74) is 0.824. The van der Waals surface area contributed by atoms with E-state index in [1.807, 2.05) is 24.8 Å². The quantitative estimate of drug-likeness (QED) is 0.807. The molecule has 1 aromatic heterocycles. The Morgan fingerprint density at radius 1 is 1.33 bits per heavy atom. The van der Waals surface area contributed by atoms with Gasteiger partial charge in [-0.05, 0) is 39.8 Å². The molecule has 5 heteroatoms. The number of likely N-dealkylation sites (N-methyl/N-ethyl adjacent to an activating group) is 1. The molecule has 1 aromatic rings. The van der Waals surface area contributed by atoms with Crippen molar-refractivity contribution in [3.05, 3.63) is 17.5 Å². The van der Waals surface area contributed by atoms with Crippen molar-refractivity contribution in [3.8, 4) is 0 Å². The average molecular weight is 293 g/mol. The van der Waals surface area contributed by atoms with Crippen LogP contribution >= 0.6 is 0 Å². The Kier molecular flexibility index (Phi) is 6.23. The zero-order valence-corrected chi connectivity index (χ0v) is 13.3. The third-order valence-electron chi connectivity index (χ3n) is 4.12. The van der Waals surface area contributed by atoms with Gasteiger partial charge in [0.25, 0.3) is 0 Å². The third kappa shape index (κ3) is 5.16. The number of aryl methyl sites for hydroxylation is 1. The Hall–Kier alpha value is -1.36. The lowest BCUT2D eigenvalue weighted by atomic mass is 10.2. The molecule has 2 heterocycles. The maximum Gasteiger partial charge on any atom is 0.230 e. The van der Waals surface area contributed by atoms with Gasteiger partial charge in [-0.3, -0.25) is 4.79 Å². The highest BCUT2D eigenvalue weighted by atomic mass is 16.5. The van der Waals surface area contributed by atoms with Crippen LogP contribution in [0.25, 0.3) is 0 Å². The fourth-order valence-corrected chi connectivity index (χ4v) is 2.84. The predicted octanol–water partition coefficient (Wildman–Crippen LogP) is 2.25. The first-order valence-corrected chi connectivity index (χ1v) is 8.11.